The first-order valence-electron chi connectivity index (χ1n) is 10.1. The number of amides is 4. The van der Waals surface area contributed by atoms with Crippen LogP contribution in [0.3, 0.4) is 0 Å². The third-order valence-corrected chi connectivity index (χ3v) is 6.97. The average Bonchev–Trinajstić information content (AvgIpc) is 3.21. The zero-order valence-electron chi connectivity index (χ0n) is 17.5. The Labute approximate surface area is 175 Å². The van der Waals surface area contributed by atoms with Crippen LogP contribution in [0.2, 0.25) is 0 Å². The molecule has 7 nitrogen and oxygen atoms in total. The van der Waals surface area contributed by atoms with Crippen molar-refractivity contribution < 1.29 is 19.2 Å². The van der Waals surface area contributed by atoms with Crippen molar-refractivity contribution in [3.8, 4) is 0 Å². The molecule has 1 aromatic heterocycles. The van der Waals surface area contributed by atoms with Gasteiger partial charge in [-0.05, 0) is 30.9 Å². The van der Waals surface area contributed by atoms with Crippen molar-refractivity contribution in [1.29, 1.82) is 0 Å². The van der Waals surface area contributed by atoms with E-state index in [2.05, 4.69) is 10.6 Å². The topological polar surface area (TPSA) is 95.6 Å². The molecule has 0 unspecified atom stereocenters. The fraction of sp³-hybridized carbons (Fsp3) is 0.619. The van der Waals surface area contributed by atoms with Crippen LogP contribution in [0.5, 0.6) is 0 Å². The second kappa shape index (κ2) is 7.89. The second-order valence-corrected chi connectivity index (χ2v) is 10.2. The fourth-order valence-corrected chi connectivity index (χ4v) is 4.79. The largest absolute Gasteiger partial charge is 0.351 e. The lowest BCUT2D eigenvalue weighted by Gasteiger charge is -2.36. The fourth-order valence-electron chi connectivity index (χ4n) is 3.92. The van der Waals surface area contributed by atoms with Gasteiger partial charge in [0.25, 0.3) is 5.91 Å². The van der Waals surface area contributed by atoms with Gasteiger partial charge in [-0.3, -0.25) is 19.3 Å². The van der Waals surface area contributed by atoms with Gasteiger partial charge in [0.05, 0.1) is 18.0 Å². The monoisotopic (exact) mass is 419 g/mol. The lowest BCUT2D eigenvalue weighted by Crippen LogP contribution is -2.54. The summed E-state index contributed by atoms with van der Waals surface area (Å²) >= 11 is 1.27. The second-order valence-electron chi connectivity index (χ2n) is 9.06. The van der Waals surface area contributed by atoms with Crippen LogP contribution in [0.25, 0.3) is 0 Å². The molecule has 2 fully saturated rings. The van der Waals surface area contributed by atoms with Gasteiger partial charge in [0.1, 0.15) is 5.54 Å². The standard InChI is InChI=1S/C21H29N3O4S/c1-13-7-5-6-10-21(13)18(27)24(19(28)23-21)12-15(25)16-9-8-14(29-16)11-22-17(26)20(2,3)4/h8-9,13H,5-7,10-12H2,1-4H3,(H,22,26)(H,23,28)/t13-,21-/m1/s1. The molecular formula is C21H29N3O4S. The molecule has 1 saturated heterocycles. The molecule has 29 heavy (non-hydrogen) atoms. The summed E-state index contributed by atoms with van der Waals surface area (Å²) in [5.41, 5.74) is -1.33. The molecule has 8 heteroatoms. The van der Waals surface area contributed by atoms with Gasteiger partial charge in [0, 0.05) is 10.3 Å². The van der Waals surface area contributed by atoms with E-state index in [9.17, 15) is 19.2 Å². The van der Waals surface area contributed by atoms with Crippen LogP contribution in [0.15, 0.2) is 12.1 Å². The first kappa shape index (κ1) is 21.5. The number of urea groups is 1. The summed E-state index contributed by atoms with van der Waals surface area (Å²) in [6, 6.07) is 2.99. The number of nitrogens with one attached hydrogen (secondary N) is 2. The number of carbonyl (C=O) groups is 4. The van der Waals surface area contributed by atoms with Gasteiger partial charge >= 0.3 is 6.03 Å². The lowest BCUT2D eigenvalue weighted by atomic mass is 9.73. The molecule has 0 bridgehead atoms. The van der Waals surface area contributed by atoms with Crippen molar-refractivity contribution in [2.45, 2.75) is 65.5 Å². The van der Waals surface area contributed by atoms with E-state index in [0.29, 0.717) is 17.8 Å². The highest BCUT2D eigenvalue weighted by Gasteiger charge is 2.55. The van der Waals surface area contributed by atoms with E-state index >= 15 is 0 Å². The molecule has 3 rings (SSSR count). The normalized spacial score (nSPS) is 24.7. The van der Waals surface area contributed by atoms with Gasteiger partial charge in [-0.25, -0.2) is 4.79 Å². The molecule has 1 saturated carbocycles. The van der Waals surface area contributed by atoms with Gasteiger partial charge in [0.15, 0.2) is 5.78 Å². The lowest BCUT2D eigenvalue weighted by molar-refractivity contribution is -0.134. The van der Waals surface area contributed by atoms with Crippen LogP contribution in [0.1, 0.15) is 67.9 Å². The molecule has 0 aromatic carbocycles. The first-order valence-corrected chi connectivity index (χ1v) is 10.9. The van der Waals surface area contributed by atoms with Gasteiger partial charge < -0.3 is 10.6 Å². The third kappa shape index (κ3) is 4.22. The number of imide groups is 1. The molecular weight excluding hydrogens is 390 g/mol. The number of Topliss-reactive ketones (excluding diaryl/α,β-unsaturated/α-hetero) is 1. The summed E-state index contributed by atoms with van der Waals surface area (Å²) < 4.78 is 0. The molecule has 2 atom stereocenters. The highest BCUT2D eigenvalue weighted by molar-refractivity contribution is 7.14. The van der Waals surface area contributed by atoms with Crippen molar-refractivity contribution in [1.82, 2.24) is 15.5 Å². The van der Waals surface area contributed by atoms with Gasteiger partial charge in [-0.15, -0.1) is 11.3 Å². The maximum atomic E-state index is 13.0. The number of nitrogens with zero attached hydrogens (tertiary/aromatic N) is 1. The van der Waals surface area contributed by atoms with Gasteiger partial charge in [-0.2, -0.15) is 0 Å². The number of carbonyl (C=O) groups excluding carboxylic acids is 4. The Morgan fingerprint density at radius 3 is 2.66 bits per heavy atom. The van der Waals surface area contributed by atoms with Crippen LogP contribution in [0, 0.1) is 11.3 Å². The molecule has 4 amide bonds. The number of thiophene rings is 1. The minimum Gasteiger partial charge on any atom is -0.351 e. The quantitative estimate of drug-likeness (QED) is 0.566. The minimum atomic E-state index is -0.854. The molecule has 1 aliphatic carbocycles. The summed E-state index contributed by atoms with van der Waals surface area (Å²) in [4.78, 5) is 52.5. The number of hydrogen-bond acceptors (Lipinski definition) is 5. The Balaban J connectivity index is 1.63. The maximum absolute atomic E-state index is 13.0. The Kier molecular flexibility index (Phi) is 5.85. The van der Waals surface area contributed by atoms with Crippen LogP contribution in [-0.4, -0.2) is 40.6 Å². The maximum Gasteiger partial charge on any atom is 0.325 e. The molecule has 0 radical (unpaired) electrons. The summed E-state index contributed by atoms with van der Waals surface area (Å²) in [6.07, 6.45) is 3.46. The van der Waals surface area contributed by atoms with E-state index < -0.39 is 17.0 Å². The third-order valence-electron chi connectivity index (χ3n) is 5.84. The summed E-state index contributed by atoms with van der Waals surface area (Å²) in [5.74, 6) is -0.553. The van der Waals surface area contributed by atoms with E-state index in [0.717, 1.165) is 29.0 Å². The number of rotatable bonds is 5. The Bertz CT molecular complexity index is 841. The molecule has 158 valence electrons. The van der Waals surface area contributed by atoms with E-state index in [-0.39, 0.29) is 30.1 Å². The first-order chi connectivity index (χ1) is 13.5. The molecule has 2 heterocycles. The van der Waals surface area contributed by atoms with E-state index in [1.165, 1.54) is 11.3 Å². The molecule has 1 aromatic rings. The predicted octanol–water partition coefficient (Wildman–Crippen LogP) is 3.09. The van der Waals surface area contributed by atoms with Crippen molar-refractivity contribution >= 4 is 35.0 Å². The highest BCUT2D eigenvalue weighted by Crippen LogP contribution is 2.38. The highest BCUT2D eigenvalue weighted by atomic mass is 32.1. The SMILES string of the molecule is C[C@@H]1CCCC[C@@]12NC(=O)N(CC(=O)c1ccc(CNC(=O)C(C)(C)C)s1)C2=O. The van der Waals surface area contributed by atoms with Gasteiger partial charge in [-0.1, -0.05) is 40.5 Å². The Hall–Kier alpha value is -2.22. The van der Waals surface area contributed by atoms with E-state index in [4.69, 9.17) is 0 Å². The average molecular weight is 420 g/mol. The zero-order chi connectivity index (χ0) is 21.4. The van der Waals surface area contributed by atoms with Crippen LogP contribution < -0.4 is 10.6 Å². The zero-order valence-corrected chi connectivity index (χ0v) is 18.3. The number of hydrogen-bond donors (Lipinski definition) is 2. The van der Waals surface area contributed by atoms with Crippen LogP contribution in [0.4, 0.5) is 4.79 Å². The van der Waals surface area contributed by atoms with Crippen molar-refractivity contribution in [3.05, 3.63) is 21.9 Å². The summed E-state index contributed by atoms with van der Waals surface area (Å²) in [7, 11) is 0. The molecule has 1 aliphatic heterocycles. The summed E-state index contributed by atoms with van der Waals surface area (Å²) in [5, 5.41) is 5.72. The van der Waals surface area contributed by atoms with Crippen molar-refractivity contribution in [2.75, 3.05) is 6.54 Å². The Morgan fingerprint density at radius 2 is 2.00 bits per heavy atom. The predicted molar refractivity (Wildman–Crippen MR) is 111 cm³/mol. The molecule has 2 aliphatic rings. The van der Waals surface area contributed by atoms with Crippen LogP contribution >= 0.6 is 11.3 Å². The minimum absolute atomic E-state index is 0.0626. The van der Waals surface area contributed by atoms with E-state index in [1.54, 1.807) is 12.1 Å². The molecule has 2 N–H and O–H groups in total. The Morgan fingerprint density at radius 1 is 1.28 bits per heavy atom. The summed E-state index contributed by atoms with van der Waals surface area (Å²) in [6.45, 7) is 7.59. The van der Waals surface area contributed by atoms with Crippen molar-refractivity contribution in [3.63, 3.8) is 0 Å². The smallest absolute Gasteiger partial charge is 0.325 e. The van der Waals surface area contributed by atoms with Crippen molar-refractivity contribution in [2.24, 2.45) is 11.3 Å². The number of ketones is 1. The van der Waals surface area contributed by atoms with Crippen LogP contribution in [-0.2, 0) is 16.1 Å². The van der Waals surface area contributed by atoms with Gasteiger partial charge in [0.2, 0.25) is 5.91 Å². The molecule has 1 spiro atoms. The van der Waals surface area contributed by atoms with E-state index in [1.807, 2.05) is 27.7 Å².